The molecule has 130 valence electrons. The van der Waals surface area contributed by atoms with E-state index >= 15 is 0 Å². The molecule has 0 saturated carbocycles. The zero-order valence-electron chi connectivity index (χ0n) is 14.9. The summed E-state index contributed by atoms with van der Waals surface area (Å²) in [5, 5.41) is 12.5. The predicted octanol–water partition coefficient (Wildman–Crippen LogP) is 5.38. The molecule has 2 aromatic heterocycles. The first kappa shape index (κ1) is 17.8. The van der Waals surface area contributed by atoms with Gasteiger partial charge in [0.05, 0.1) is 11.0 Å². The van der Waals surface area contributed by atoms with Crippen molar-refractivity contribution in [3.05, 3.63) is 57.3 Å². The SMILES string of the molecule is Cc1c2cc(Cl)ccc2nn1C.Cc1cc2nn(C)c(C)c2cc1Cl. The van der Waals surface area contributed by atoms with Gasteiger partial charge in [-0.1, -0.05) is 23.2 Å². The Morgan fingerprint density at radius 2 is 1.32 bits per heavy atom. The number of aryl methyl sites for hydroxylation is 5. The van der Waals surface area contributed by atoms with Gasteiger partial charge in [-0.25, -0.2) is 0 Å². The van der Waals surface area contributed by atoms with E-state index < -0.39 is 0 Å². The van der Waals surface area contributed by atoms with Gasteiger partial charge in [-0.15, -0.1) is 0 Å². The van der Waals surface area contributed by atoms with Crippen LogP contribution in [0.5, 0.6) is 0 Å². The third kappa shape index (κ3) is 3.37. The van der Waals surface area contributed by atoms with Crippen molar-refractivity contribution in [3.8, 4) is 0 Å². The lowest BCUT2D eigenvalue weighted by Gasteiger charge is -1.96. The van der Waals surface area contributed by atoms with E-state index in [-0.39, 0.29) is 0 Å². The molecular formula is C19H20Cl2N4. The van der Waals surface area contributed by atoms with Crippen LogP contribution >= 0.6 is 23.2 Å². The highest BCUT2D eigenvalue weighted by molar-refractivity contribution is 6.32. The first-order chi connectivity index (χ1) is 11.8. The van der Waals surface area contributed by atoms with E-state index in [0.717, 1.165) is 48.8 Å². The predicted molar refractivity (Wildman–Crippen MR) is 106 cm³/mol. The fraction of sp³-hybridized carbons (Fsp3) is 0.263. The summed E-state index contributed by atoms with van der Waals surface area (Å²) >= 11 is 11.9. The van der Waals surface area contributed by atoms with Crippen molar-refractivity contribution < 1.29 is 0 Å². The van der Waals surface area contributed by atoms with Crippen molar-refractivity contribution in [1.82, 2.24) is 19.6 Å². The van der Waals surface area contributed by atoms with Gasteiger partial charge in [0.2, 0.25) is 0 Å². The molecule has 0 fully saturated rings. The zero-order valence-corrected chi connectivity index (χ0v) is 16.4. The van der Waals surface area contributed by atoms with Gasteiger partial charge in [0.1, 0.15) is 0 Å². The van der Waals surface area contributed by atoms with Crippen molar-refractivity contribution in [1.29, 1.82) is 0 Å². The van der Waals surface area contributed by atoms with Crippen molar-refractivity contribution >= 4 is 45.0 Å². The molecule has 0 N–H and O–H groups in total. The van der Waals surface area contributed by atoms with Crippen LogP contribution in [0.3, 0.4) is 0 Å². The van der Waals surface area contributed by atoms with E-state index in [1.807, 2.05) is 74.6 Å². The summed E-state index contributed by atoms with van der Waals surface area (Å²) < 4.78 is 3.74. The van der Waals surface area contributed by atoms with Gasteiger partial charge < -0.3 is 0 Å². The lowest BCUT2D eigenvalue weighted by Crippen LogP contribution is -1.91. The summed E-state index contributed by atoms with van der Waals surface area (Å²) in [5.41, 5.74) is 5.39. The standard InChI is InChI=1S/C10H11ClN2.C9H9ClN2/c1-6-4-10-8(5-9(6)11)7(2)13(3)12-10;1-6-8-5-7(10)3-4-9(8)11-12(6)2/h4-5H,1-3H3;3-5H,1-2H3. The minimum Gasteiger partial charge on any atom is -0.272 e. The van der Waals surface area contributed by atoms with E-state index in [4.69, 9.17) is 23.2 Å². The molecule has 0 amide bonds. The average Bonchev–Trinajstić information content (AvgIpc) is 2.99. The van der Waals surface area contributed by atoms with Crippen molar-refractivity contribution in [2.24, 2.45) is 14.1 Å². The number of benzene rings is 2. The molecule has 4 rings (SSSR count). The Morgan fingerprint density at radius 3 is 1.96 bits per heavy atom. The fourth-order valence-electron chi connectivity index (χ4n) is 2.75. The molecule has 0 bridgehead atoms. The maximum Gasteiger partial charge on any atom is 0.0929 e. The Hall–Kier alpha value is -2.04. The van der Waals surface area contributed by atoms with Gasteiger partial charge in [-0.3, -0.25) is 9.36 Å². The number of hydrogen-bond acceptors (Lipinski definition) is 2. The number of fused-ring (bicyclic) bond motifs is 2. The molecule has 4 aromatic rings. The number of halogens is 2. The molecular weight excluding hydrogens is 355 g/mol. The minimum absolute atomic E-state index is 0.763. The van der Waals surface area contributed by atoms with Crippen molar-refractivity contribution in [2.45, 2.75) is 20.8 Å². The maximum absolute atomic E-state index is 6.03. The highest BCUT2D eigenvalue weighted by Gasteiger charge is 2.06. The molecule has 0 atom stereocenters. The number of aromatic nitrogens is 4. The molecule has 0 aliphatic carbocycles. The largest absolute Gasteiger partial charge is 0.272 e. The molecule has 25 heavy (non-hydrogen) atoms. The van der Waals surface area contributed by atoms with E-state index in [1.165, 1.54) is 0 Å². The zero-order chi connectivity index (χ0) is 18.3. The Bertz CT molecular complexity index is 1080. The molecule has 2 aromatic carbocycles. The van der Waals surface area contributed by atoms with Crippen LogP contribution in [0.2, 0.25) is 10.0 Å². The molecule has 0 aliphatic rings. The summed E-state index contributed by atoms with van der Waals surface area (Å²) in [6, 6.07) is 9.74. The summed E-state index contributed by atoms with van der Waals surface area (Å²) in [5.74, 6) is 0. The van der Waals surface area contributed by atoms with Crippen LogP contribution in [0.1, 0.15) is 17.0 Å². The second kappa shape index (κ2) is 6.70. The molecule has 0 unspecified atom stereocenters. The minimum atomic E-state index is 0.763. The van der Waals surface area contributed by atoms with E-state index in [1.54, 1.807) is 0 Å². The first-order valence-corrected chi connectivity index (χ1v) is 8.72. The van der Waals surface area contributed by atoms with Crippen LogP contribution < -0.4 is 0 Å². The van der Waals surface area contributed by atoms with Gasteiger partial charge in [0.25, 0.3) is 0 Å². The smallest absolute Gasteiger partial charge is 0.0929 e. The third-order valence-electron chi connectivity index (χ3n) is 4.50. The second-order valence-electron chi connectivity index (χ2n) is 6.20. The van der Waals surface area contributed by atoms with Gasteiger partial charge in [0.15, 0.2) is 0 Å². The van der Waals surface area contributed by atoms with E-state index in [9.17, 15) is 0 Å². The van der Waals surface area contributed by atoms with E-state index in [2.05, 4.69) is 10.2 Å². The molecule has 0 aliphatic heterocycles. The summed E-state index contributed by atoms with van der Waals surface area (Å²) in [6.07, 6.45) is 0. The average molecular weight is 375 g/mol. The molecule has 6 heteroatoms. The summed E-state index contributed by atoms with van der Waals surface area (Å²) in [6.45, 7) is 6.07. The molecule has 4 nitrogen and oxygen atoms in total. The van der Waals surface area contributed by atoms with E-state index in [0.29, 0.717) is 0 Å². The Labute approximate surface area is 157 Å². The van der Waals surface area contributed by atoms with Gasteiger partial charge in [0, 0.05) is 46.3 Å². The highest BCUT2D eigenvalue weighted by atomic mass is 35.5. The Morgan fingerprint density at radius 1 is 0.760 bits per heavy atom. The Balaban J connectivity index is 0.000000146. The number of nitrogens with zero attached hydrogens (tertiary/aromatic N) is 4. The highest BCUT2D eigenvalue weighted by Crippen LogP contribution is 2.24. The topological polar surface area (TPSA) is 35.6 Å². The van der Waals surface area contributed by atoms with Gasteiger partial charge in [-0.2, -0.15) is 10.2 Å². The molecule has 2 heterocycles. The van der Waals surface area contributed by atoms with Gasteiger partial charge >= 0.3 is 0 Å². The third-order valence-corrected chi connectivity index (χ3v) is 5.14. The quantitative estimate of drug-likeness (QED) is 0.414. The van der Waals surface area contributed by atoms with Crippen LogP contribution in [0.4, 0.5) is 0 Å². The molecule has 0 spiro atoms. The van der Waals surface area contributed by atoms with Crippen molar-refractivity contribution in [3.63, 3.8) is 0 Å². The number of rotatable bonds is 0. The van der Waals surface area contributed by atoms with Crippen molar-refractivity contribution in [2.75, 3.05) is 0 Å². The summed E-state index contributed by atoms with van der Waals surface area (Å²) in [4.78, 5) is 0. The lowest BCUT2D eigenvalue weighted by atomic mass is 10.1. The van der Waals surface area contributed by atoms with Crippen LogP contribution in [0.25, 0.3) is 21.8 Å². The first-order valence-electron chi connectivity index (χ1n) is 7.96. The van der Waals surface area contributed by atoms with Gasteiger partial charge in [-0.05, 0) is 56.7 Å². The monoisotopic (exact) mass is 374 g/mol. The van der Waals surface area contributed by atoms with Crippen LogP contribution in [0, 0.1) is 20.8 Å². The Kier molecular flexibility index (Phi) is 4.76. The second-order valence-corrected chi connectivity index (χ2v) is 7.04. The summed E-state index contributed by atoms with van der Waals surface area (Å²) in [7, 11) is 3.88. The van der Waals surface area contributed by atoms with Crippen LogP contribution in [-0.2, 0) is 14.1 Å². The normalized spacial score (nSPS) is 11.0. The fourth-order valence-corrected chi connectivity index (χ4v) is 3.08. The van der Waals surface area contributed by atoms with Crippen LogP contribution in [-0.4, -0.2) is 19.6 Å². The molecule has 0 radical (unpaired) electrons. The molecule has 0 saturated heterocycles. The lowest BCUT2D eigenvalue weighted by molar-refractivity contribution is 0.751. The number of hydrogen-bond donors (Lipinski definition) is 0. The van der Waals surface area contributed by atoms with Crippen LogP contribution in [0.15, 0.2) is 30.3 Å². The maximum atomic E-state index is 6.03.